The van der Waals surface area contributed by atoms with E-state index in [-0.39, 0.29) is 12.1 Å². The molecule has 0 saturated carbocycles. The molecule has 2 N–H and O–H groups in total. The first-order chi connectivity index (χ1) is 10.2. The maximum Gasteiger partial charge on any atom is 0.407 e. The Hall–Kier alpha value is -2.84. The molecule has 0 radical (unpaired) electrons. The molecule has 1 aliphatic rings. The summed E-state index contributed by atoms with van der Waals surface area (Å²) in [5, 5.41) is 9.47. The highest BCUT2D eigenvalue weighted by atomic mass is 16.5. The second kappa shape index (κ2) is 5.27. The lowest BCUT2D eigenvalue weighted by Crippen LogP contribution is -2.61. The van der Waals surface area contributed by atoms with Gasteiger partial charge in [0.25, 0.3) is 0 Å². The summed E-state index contributed by atoms with van der Waals surface area (Å²) in [5.41, 5.74) is 1.13. The van der Waals surface area contributed by atoms with Crippen molar-refractivity contribution in [3.05, 3.63) is 24.7 Å². The summed E-state index contributed by atoms with van der Waals surface area (Å²) in [6, 6.07) is 1.42. The Balaban J connectivity index is 1.57. The van der Waals surface area contributed by atoms with E-state index in [0.717, 1.165) is 0 Å². The van der Waals surface area contributed by atoms with Crippen LogP contribution in [0.4, 0.5) is 15.3 Å². The number of fused-ring (bicyclic) bond motifs is 1. The molecule has 2 aromatic rings. The summed E-state index contributed by atoms with van der Waals surface area (Å²) >= 11 is 0. The van der Waals surface area contributed by atoms with E-state index in [1.54, 1.807) is 34.1 Å². The zero-order valence-corrected chi connectivity index (χ0v) is 11.3. The number of urea groups is 1. The molecule has 3 amide bonds. The van der Waals surface area contributed by atoms with E-state index in [4.69, 9.17) is 0 Å². The van der Waals surface area contributed by atoms with Crippen LogP contribution in [0.2, 0.25) is 0 Å². The van der Waals surface area contributed by atoms with Crippen LogP contribution in [-0.2, 0) is 4.74 Å². The number of likely N-dealkylation sites (tertiary alicyclic amines) is 1. The van der Waals surface area contributed by atoms with Crippen molar-refractivity contribution in [2.45, 2.75) is 6.04 Å². The van der Waals surface area contributed by atoms with Gasteiger partial charge < -0.3 is 20.3 Å². The number of nitrogens with one attached hydrogen (secondary N) is 2. The van der Waals surface area contributed by atoms with Crippen LogP contribution in [0.25, 0.3) is 5.65 Å². The second-order valence-corrected chi connectivity index (χ2v) is 4.61. The molecule has 3 heterocycles. The number of ether oxygens (including phenoxy) is 1. The number of hydrogen-bond donors (Lipinski definition) is 2. The van der Waals surface area contributed by atoms with Gasteiger partial charge in [-0.25, -0.2) is 19.1 Å². The van der Waals surface area contributed by atoms with Crippen LogP contribution in [0.3, 0.4) is 0 Å². The van der Waals surface area contributed by atoms with Crippen LogP contribution in [0, 0.1) is 0 Å². The van der Waals surface area contributed by atoms with Gasteiger partial charge >= 0.3 is 12.1 Å². The van der Waals surface area contributed by atoms with Crippen LogP contribution in [-0.4, -0.2) is 57.9 Å². The highest BCUT2D eigenvalue weighted by Gasteiger charge is 2.32. The predicted molar refractivity (Wildman–Crippen MR) is 72.9 cm³/mol. The minimum Gasteiger partial charge on any atom is -0.453 e. The minimum absolute atomic E-state index is 0.0785. The molecule has 21 heavy (non-hydrogen) atoms. The van der Waals surface area contributed by atoms with Crippen molar-refractivity contribution in [2.75, 3.05) is 25.5 Å². The summed E-state index contributed by atoms with van der Waals surface area (Å²) in [5.74, 6) is 0. The van der Waals surface area contributed by atoms with Gasteiger partial charge in [-0.2, -0.15) is 5.10 Å². The number of alkyl carbamates (subject to hydrolysis) is 1. The fraction of sp³-hybridized carbons (Fsp3) is 0.333. The quantitative estimate of drug-likeness (QED) is 0.828. The number of hydrogen-bond acceptors (Lipinski definition) is 5. The third kappa shape index (κ3) is 2.57. The molecule has 3 rings (SSSR count). The number of rotatable bonds is 2. The lowest BCUT2D eigenvalue weighted by molar-refractivity contribution is 0.128. The van der Waals surface area contributed by atoms with Crippen LogP contribution in [0.5, 0.6) is 0 Å². The molecule has 110 valence electrons. The highest BCUT2D eigenvalue weighted by Crippen LogP contribution is 2.16. The Labute approximate surface area is 119 Å². The van der Waals surface area contributed by atoms with Crippen molar-refractivity contribution in [3.63, 3.8) is 0 Å². The van der Waals surface area contributed by atoms with Crippen molar-refractivity contribution in [2.24, 2.45) is 0 Å². The molecule has 0 unspecified atom stereocenters. The van der Waals surface area contributed by atoms with Gasteiger partial charge in [-0.05, 0) is 6.07 Å². The van der Waals surface area contributed by atoms with E-state index in [0.29, 0.717) is 24.4 Å². The molecule has 0 aromatic carbocycles. The van der Waals surface area contributed by atoms with Crippen LogP contribution < -0.4 is 10.6 Å². The zero-order chi connectivity index (χ0) is 14.8. The van der Waals surface area contributed by atoms with Crippen molar-refractivity contribution < 1.29 is 14.3 Å². The summed E-state index contributed by atoms with van der Waals surface area (Å²) in [6.45, 7) is 0.876. The SMILES string of the molecule is COC(=O)NC1CN(C(=O)Nc2cnn3cccnc23)C1. The molecule has 0 aliphatic carbocycles. The number of nitrogens with zero attached hydrogens (tertiary/aromatic N) is 4. The molecule has 9 nitrogen and oxygen atoms in total. The number of carbonyl (C=O) groups is 2. The van der Waals surface area contributed by atoms with Gasteiger partial charge in [0.15, 0.2) is 5.65 Å². The van der Waals surface area contributed by atoms with Gasteiger partial charge in [0.05, 0.1) is 19.3 Å². The fourth-order valence-electron chi connectivity index (χ4n) is 2.07. The predicted octanol–water partition coefficient (Wildman–Crippen LogP) is 0.301. The number of aromatic nitrogens is 3. The maximum atomic E-state index is 12.0. The molecule has 0 atom stereocenters. The highest BCUT2D eigenvalue weighted by molar-refractivity contribution is 5.93. The summed E-state index contributed by atoms with van der Waals surface area (Å²) in [4.78, 5) is 28.8. The maximum absolute atomic E-state index is 12.0. The molecule has 1 saturated heterocycles. The molecule has 2 aromatic heterocycles. The van der Waals surface area contributed by atoms with Gasteiger partial charge in [0.1, 0.15) is 5.69 Å². The molecule has 9 heteroatoms. The Morgan fingerprint density at radius 1 is 1.43 bits per heavy atom. The molecular formula is C12H14N6O3. The first kappa shape index (κ1) is 13.2. The third-order valence-electron chi connectivity index (χ3n) is 3.20. The summed E-state index contributed by atoms with van der Waals surface area (Å²) in [6.07, 6.45) is 4.43. The van der Waals surface area contributed by atoms with Crippen LogP contribution >= 0.6 is 0 Å². The monoisotopic (exact) mass is 290 g/mol. The lowest BCUT2D eigenvalue weighted by atomic mass is 10.1. The Bertz CT molecular complexity index is 678. The molecule has 1 fully saturated rings. The minimum atomic E-state index is -0.494. The van der Waals surface area contributed by atoms with E-state index in [1.807, 2.05) is 0 Å². The van der Waals surface area contributed by atoms with E-state index in [2.05, 4.69) is 25.5 Å². The van der Waals surface area contributed by atoms with Gasteiger partial charge in [0.2, 0.25) is 0 Å². The number of anilines is 1. The zero-order valence-electron chi connectivity index (χ0n) is 11.3. The van der Waals surface area contributed by atoms with Gasteiger partial charge in [0, 0.05) is 25.5 Å². The molecule has 0 bridgehead atoms. The fourth-order valence-corrected chi connectivity index (χ4v) is 2.07. The van der Waals surface area contributed by atoms with Crippen LogP contribution in [0.1, 0.15) is 0 Å². The number of methoxy groups -OCH3 is 1. The second-order valence-electron chi connectivity index (χ2n) is 4.61. The molecule has 0 spiro atoms. The Morgan fingerprint density at radius 3 is 3.00 bits per heavy atom. The van der Waals surface area contributed by atoms with E-state index in [9.17, 15) is 9.59 Å². The van der Waals surface area contributed by atoms with Gasteiger partial charge in [-0.1, -0.05) is 0 Å². The van der Waals surface area contributed by atoms with Crippen molar-refractivity contribution in [3.8, 4) is 0 Å². The smallest absolute Gasteiger partial charge is 0.407 e. The topological polar surface area (TPSA) is 101 Å². The van der Waals surface area contributed by atoms with E-state index < -0.39 is 6.09 Å². The van der Waals surface area contributed by atoms with Crippen molar-refractivity contribution >= 4 is 23.5 Å². The molecular weight excluding hydrogens is 276 g/mol. The standard InChI is InChI=1S/C12H14N6O3/c1-21-12(20)15-8-6-17(7-8)11(19)16-9-5-14-18-4-2-3-13-10(9)18/h2-5,8H,6-7H2,1H3,(H,15,20)(H,16,19). The summed E-state index contributed by atoms with van der Waals surface area (Å²) < 4.78 is 6.07. The normalized spacial score (nSPS) is 14.6. The largest absolute Gasteiger partial charge is 0.453 e. The van der Waals surface area contributed by atoms with Crippen molar-refractivity contribution in [1.29, 1.82) is 0 Å². The average Bonchev–Trinajstić information content (AvgIpc) is 2.85. The molecule has 1 aliphatic heterocycles. The van der Waals surface area contributed by atoms with Gasteiger partial charge in [-0.15, -0.1) is 0 Å². The summed E-state index contributed by atoms with van der Waals surface area (Å²) in [7, 11) is 1.30. The van der Waals surface area contributed by atoms with Crippen LogP contribution in [0.15, 0.2) is 24.7 Å². The number of carbonyl (C=O) groups excluding carboxylic acids is 2. The Kier molecular flexibility index (Phi) is 3.30. The van der Waals surface area contributed by atoms with E-state index >= 15 is 0 Å². The number of amides is 3. The third-order valence-corrected chi connectivity index (χ3v) is 3.20. The van der Waals surface area contributed by atoms with Gasteiger partial charge in [-0.3, -0.25) is 0 Å². The van der Waals surface area contributed by atoms with Crippen molar-refractivity contribution in [1.82, 2.24) is 24.8 Å². The average molecular weight is 290 g/mol. The lowest BCUT2D eigenvalue weighted by Gasteiger charge is -2.38. The first-order valence-corrected chi connectivity index (χ1v) is 6.36. The van der Waals surface area contributed by atoms with E-state index in [1.165, 1.54) is 7.11 Å². The Morgan fingerprint density at radius 2 is 2.24 bits per heavy atom. The first-order valence-electron chi connectivity index (χ1n) is 6.36.